The predicted octanol–water partition coefficient (Wildman–Crippen LogP) is 3.60. The van der Waals surface area contributed by atoms with Gasteiger partial charge in [-0.2, -0.15) is 0 Å². The lowest BCUT2D eigenvalue weighted by Gasteiger charge is -2.34. The molecule has 0 bridgehead atoms. The van der Waals surface area contributed by atoms with Crippen molar-refractivity contribution in [1.29, 1.82) is 0 Å². The molecule has 0 aliphatic rings. The van der Waals surface area contributed by atoms with Gasteiger partial charge in [0.25, 0.3) is 0 Å². The molecule has 3 nitrogen and oxygen atoms in total. The molecule has 1 rings (SSSR count). The van der Waals surface area contributed by atoms with E-state index < -0.39 is 8.80 Å². The van der Waals surface area contributed by atoms with Crippen LogP contribution in [0.3, 0.4) is 0 Å². The van der Waals surface area contributed by atoms with Crippen molar-refractivity contribution in [3.8, 4) is 0 Å². The minimum atomic E-state index is -2.80. The van der Waals surface area contributed by atoms with E-state index in [2.05, 4.69) is 0 Å². The van der Waals surface area contributed by atoms with Crippen molar-refractivity contribution >= 4 is 20.4 Å². The summed E-state index contributed by atoms with van der Waals surface area (Å²) in [7, 11) is -2.80. The Hall–Kier alpha value is -0.393. The summed E-state index contributed by atoms with van der Waals surface area (Å²) in [6, 6.07) is 10.1. The minimum Gasteiger partial charge on any atom is -0.373 e. The number of benzene rings is 1. The lowest BCUT2D eigenvalue weighted by Crippen LogP contribution is -2.52. The van der Waals surface area contributed by atoms with Gasteiger partial charge in [-0.1, -0.05) is 30.3 Å². The molecule has 1 aromatic carbocycles. The summed E-state index contributed by atoms with van der Waals surface area (Å²) in [6.45, 7) is 7.55. The van der Waals surface area contributed by atoms with Gasteiger partial charge in [-0.25, -0.2) is 0 Å². The van der Waals surface area contributed by atoms with Crippen LogP contribution in [0.2, 0.25) is 0 Å². The fraction of sp³-hybridized carbons (Fsp3) is 0.571. The third-order valence-corrected chi connectivity index (χ3v) is 6.85. The zero-order valence-electron chi connectivity index (χ0n) is 11.9. The van der Waals surface area contributed by atoms with E-state index in [1.807, 2.05) is 51.1 Å². The van der Waals surface area contributed by atoms with E-state index >= 15 is 0 Å². The van der Waals surface area contributed by atoms with Gasteiger partial charge in [0.2, 0.25) is 0 Å². The highest BCUT2D eigenvalue weighted by atomic mass is 35.5. The number of halogens is 1. The van der Waals surface area contributed by atoms with Crippen molar-refractivity contribution in [3.63, 3.8) is 0 Å². The van der Waals surface area contributed by atoms with E-state index in [9.17, 15) is 0 Å². The van der Waals surface area contributed by atoms with Crippen LogP contribution in [0.15, 0.2) is 30.3 Å². The second-order valence-corrected chi connectivity index (χ2v) is 7.10. The Balaban J connectivity index is 3.10. The monoisotopic (exact) mass is 302 g/mol. The summed E-state index contributed by atoms with van der Waals surface area (Å²) in [4.78, 5) is 0. The first-order valence-electron chi connectivity index (χ1n) is 6.76. The van der Waals surface area contributed by atoms with E-state index in [4.69, 9.17) is 24.9 Å². The van der Waals surface area contributed by atoms with Crippen molar-refractivity contribution in [3.05, 3.63) is 35.9 Å². The molecular weight excluding hydrogens is 280 g/mol. The van der Waals surface area contributed by atoms with Crippen LogP contribution in [0.25, 0.3) is 0 Å². The topological polar surface area (TPSA) is 27.7 Å². The maximum atomic E-state index is 6.19. The van der Waals surface area contributed by atoms with Gasteiger partial charge in [-0.05, 0) is 26.3 Å². The first kappa shape index (κ1) is 16.7. The Morgan fingerprint density at radius 2 is 1.42 bits per heavy atom. The lowest BCUT2D eigenvalue weighted by atomic mass is 10.2. The molecule has 108 valence electrons. The Bertz CT molecular complexity index is 331. The van der Waals surface area contributed by atoms with E-state index in [0.717, 1.165) is 5.56 Å². The second kappa shape index (κ2) is 8.71. The molecule has 0 heterocycles. The smallest absolute Gasteiger partial charge is 0.373 e. The molecular formula is C14H23ClO3Si. The van der Waals surface area contributed by atoms with Crippen LogP contribution in [0.5, 0.6) is 0 Å². The fourth-order valence-electron chi connectivity index (χ4n) is 2.10. The van der Waals surface area contributed by atoms with E-state index in [1.165, 1.54) is 0 Å². The largest absolute Gasteiger partial charge is 0.510 e. The normalized spacial score (nSPS) is 13.5. The zero-order chi connectivity index (χ0) is 14.1. The first-order valence-corrected chi connectivity index (χ1v) is 9.10. The molecule has 0 fully saturated rings. The SMILES string of the molecule is CCO[Si](OCC)(OCC)C(CCl)c1ccccc1. The van der Waals surface area contributed by atoms with Gasteiger partial charge in [0.05, 0.1) is 5.54 Å². The first-order chi connectivity index (χ1) is 9.24. The number of hydrogen-bond acceptors (Lipinski definition) is 3. The molecule has 0 amide bonds. The van der Waals surface area contributed by atoms with Gasteiger partial charge in [-0.15, -0.1) is 11.6 Å². The quantitative estimate of drug-likeness (QED) is 0.515. The van der Waals surface area contributed by atoms with Crippen LogP contribution in [0, 0.1) is 0 Å². The van der Waals surface area contributed by atoms with Crippen LogP contribution >= 0.6 is 11.6 Å². The van der Waals surface area contributed by atoms with Gasteiger partial charge in [0, 0.05) is 25.7 Å². The molecule has 0 radical (unpaired) electrons. The van der Waals surface area contributed by atoms with E-state index in [0.29, 0.717) is 25.7 Å². The van der Waals surface area contributed by atoms with Crippen LogP contribution in [0.1, 0.15) is 31.9 Å². The average molecular weight is 303 g/mol. The third kappa shape index (κ3) is 4.29. The lowest BCUT2D eigenvalue weighted by molar-refractivity contribution is 0.0637. The summed E-state index contributed by atoms with van der Waals surface area (Å²) >= 11 is 6.19. The Morgan fingerprint density at radius 1 is 0.947 bits per heavy atom. The van der Waals surface area contributed by atoms with Gasteiger partial charge in [0.1, 0.15) is 0 Å². The summed E-state index contributed by atoms with van der Waals surface area (Å²) in [5.41, 5.74) is 1.08. The van der Waals surface area contributed by atoms with Crippen molar-refractivity contribution in [2.45, 2.75) is 26.3 Å². The maximum absolute atomic E-state index is 6.19. The second-order valence-electron chi connectivity index (χ2n) is 4.02. The summed E-state index contributed by atoms with van der Waals surface area (Å²) in [5, 5.41) is 0. The Kier molecular flexibility index (Phi) is 7.64. The average Bonchev–Trinajstić information content (AvgIpc) is 2.41. The maximum Gasteiger partial charge on any atom is 0.510 e. The molecule has 0 aromatic heterocycles. The summed E-state index contributed by atoms with van der Waals surface area (Å²) in [5.74, 6) is 0.427. The third-order valence-electron chi connectivity index (χ3n) is 2.82. The van der Waals surface area contributed by atoms with Gasteiger partial charge in [-0.3, -0.25) is 0 Å². The van der Waals surface area contributed by atoms with Crippen LogP contribution in [-0.4, -0.2) is 34.5 Å². The van der Waals surface area contributed by atoms with Crippen molar-refractivity contribution in [2.24, 2.45) is 0 Å². The van der Waals surface area contributed by atoms with Gasteiger partial charge >= 0.3 is 8.80 Å². The highest BCUT2D eigenvalue weighted by Gasteiger charge is 2.49. The van der Waals surface area contributed by atoms with Crippen molar-refractivity contribution in [2.75, 3.05) is 25.7 Å². The standard InChI is InChI=1S/C14H23ClO3Si/c1-4-16-19(17-5-2,18-6-3)14(12-15)13-10-8-7-9-11-13/h7-11,14H,4-6,12H2,1-3H3. The molecule has 0 saturated carbocycles. The molecule has 0 spiro atoms. The highest BCUT2D eigenvalue weighted by Crippen LogP contribution is 2.31. The van der Waals surface area contributed by atoms with Crippen LogP contribution < -0.4 is 0 Å². The fourth-order valence-corrected chi connectivity index (χ4v) is 5.70. The van der Waals surface area contributed by atoms with Crippen LogP contribution in [0.4, 0.5) is 0 Å². The molecule has 1 atom stereocenters. The zero-order valence-corrected chi connectivity index (χ0v) is 13.7. The molecule has 1 unspecified atom stereocenters. The Morgan fingerprint density at radius 3 is 1.79 bits per heavy atom. The number of rotatable bonds is 9. The van der Waals surface area contributed by atoms with Crippen molar-refractivity contribution < 1.29 is 13.3 Å². The Labute approximate surface area is 122 Å². The van der Waals surface area contributed by atoms with Gasteiger partial charge in [0.15, 0.2) is 0 Å². The molecule has 0 saturated heterocycles. The van der Waals surface area contributed by atoms with E-state index in [-0.39, 0.29) is 5.54 Å². The van der Waals surface area contributed by atoms with Crippen molar-refractivity contribution in [1.82, 2.24) is 0 Å². The molecule has 1 aromatic rings. The number of hydrogen-bond donors (Lipinski definition) is 0. The highest BCUT2D eigenvalue weighted by molar-refractivity contribution is 6.63. The molecule has 19 heavy (non-hydrogen) atoms. The van der Waals surface area contributed by atoms with Gasteiger partial charge < -0.3 is 13.3 Å². The predicted molar refractivity (Wildman–Crippen MR) is 80.5 cm³/mol. The molecule has 0 aliphatic heterocycles. The van der Waals surface area contributed by atoms with Crippen LogP contribution in [-0.2, 0) is 13.3 Å². The summed E-state index contributed by atoms with van der Waals surface area (Å²) in [6.07, 6.45) is 0. The molecule has 5 heteroatoms. The van der Waals surface area contributed by atoms with E-state index in [1.54, 1.807) is 0 Å². The molecule has 0 N–H and O–H groups in total. The summed E-state index contributed by atoms with van der Waals surface area (Å²) < 4.78 is 17.8. The minimum absolute atomic E-state index is 0.0322. The number of alkyl halides is 1. The molecule has 0 aliphatic carbocycles.